The summed E-state index contributed by atoms with van der Waals surface area (Å²) < 4.78 is 26.1. The van der Waals surface area contributed by atoms with Crippen LogP contribution in [0.25, 0.3) is 0 Å². The summed E-state index contributed by atoms with van der Waals surface area (Å²) in [6, 6.07) is 10.7. The van der Waals surface area contributed by atoms with Crippen molar-refractivity contribution in [1.29, 1.82) is 0 Å². The lowest BCUT2D eigenvalue weighted by Gasteiger charge is -2.26. The van der Waals surface area contributed by atoms with Gasteiger partial charge in [-0.3, -0.25) is 9.69 Å². The smallest absolute Gasteiger partial charge is 0.255 e. The number of piperidine rings is 1. The van der Waals surface area contributed by atoms with E-state index in [1.807, 2.05) is 12.1 Å². The highest BCUT2D eigenvalue weighted by Crippen LogP contribution is 2.16. The zero-order chi connectivity index (χ0) is 16.9. The molecule has 3 nitrogen and oxygen atoms in total. The second-order valence-corrected chi connectivity index (χ2v) is 6.12. The van der Waals surface area contributed by atoms with Crippen molar-refractivity contribution in [3.05, 3.63) is 65.2 Å². The van der Waals surface area contributed by atoms with Gasteiger partial charge in [0.15, 0.2) is 11.6 Å². The first-order chi connectivity index (χ1) is 11.6. The molecule has 24 heavy (non-hydrogen) atoms. The number of benzene rings is 2. The Kier molecular flexibility index (Phi) is 5.20. The fraction of sp³-hybridized carbons (Fsp3) is 0.316. The first kappa shape index (κ1) is 16.6. The SMILES string of the molecule is O=C(Nc1ccc(F)c(F)c1)c1ccc(CN2CCCCC2)cc1. The summed E-state index contributed by atoms with van der Waals surface area (Å²) in [6.45, 7) is 3.14. The first-order valence-electron chi connectivity index (χ1n) is 8.19. The number of carbonyl (C=O) groups excluding carboxylic acids is 1. The summed E-state index contributed by atoms with van der Waals surface area (Å²) in [6.07, 6.45) is 3.79. The lowest BCUT2D eigenvalue weighted by Crippen LogP contribution is -2.29. The fourth-order valence-corrected chi connectivity index (χ4v) is 2.91. The topological polar surface area (TPSA) is 32.3 Å². The van der Waals surface area contributed by atoms with Crippen molar-refractivity contribution in [3.8, 4) is 0 Å². The number of anilines is 1. The highest BCUT2D eigenvalue weighted by atomic mass is 19.2. The maximum absolute atomic E-state index is 13.2. The summed E-state index contributed by atoms with van der Waals surface area (Å²) in [4.78, 5) is 14.6. The second kappa shape index (κ2) is 7.53. The highest BCUT2D eigenvalue weighted by molar-refractivity contribution is 6.04. The second-order valence-electron chi connectivity index (χ2n) is 6.12. The molecule has 1 heterocycles. The summed E-state index contributed by atoms with van der Waals surface area (Å²) in [5.41, 5.74) is 1.89. The Morgan fingerprint density at radius 2 is 1.67 bits per heavy atom. The maximum Gasteiger partial charge on any atom is 0.255 e. The minimum absolute atomic E-state index is 0.233. The third kappa shape index (κ3) is 4.17. The normalized spacial score (nSPS) is 15.2. The van der Waals surface area contributed by atoms with E-state index < -0.39 is 11.6 Å². The van der Waals surface area contributed by atoms with Crippen molar-refractivity contribution in [1.82, 2.24) is 4.90 Å². The molecule has 0 aromatic heterocycles. The van der Waals surface area contributed by atoms with Gasteiger partial charge in [0.2, 0.25) is 0 Å². The Balaban J connectivity index is 1.61. The molecule has 5 heteroatoms. The van der Waals surface area contributed by atoms with Gasteiger partial charge in [0.05, 0.1) is 0 Å². The average Bonchev–Trinajstić information content (AvgIpc) is 2.60. The number of carbonyl (C=O) groups is 1. The van der Waals surface area contributed by atoms with Crippen LogP contribution in [0.4, 0.5) is 14.5 Å². The van der Waals surface area contributed by atoms with Crippen LogP contribution in [0.2, 0.25) is 0 Å². The van der Waals surface area contributed by atoms with Crippen LogP contribution < -0.4 is 5.32 Å². The molecule has 2 aromatic carbocycles. The van der Waals surface area contributed by atoms with E-state index in [9.17, 15) is 13.6 Å². The van der Waals surface area contributed by atoms with E-state index in [0.717, 1.165) is 31.8 Å². The number of nitrogens with one attached hydrogen (secondary N) is 1. The predicted octanol–water partition coefficient (Wildman–Crippen LogP) is 4.20. The van der Waals surface area contributed by atoms with Gasteiger partial charge in [0, 0.05) is 23.9 Å². The van der Waals surface area contributed by atoms with E-state index in [4.69, 9.17) is 0 Å². The Hall–Kier alpha value is -2.27. The third-order valence-electron chi connectivity index (χ3n) is 4.25. The molecular formula is C19H20F2N2O. The number of amides is 1. The lowest BCUT2D eigenvalue weighted by atomic mass is 10.1. The first-order valence-corrected chi connectivity index (χ1v) is 8.19. The molecule has 1 saturated heterocycles. The van der Waals surface area contributed by atoms with Crippen molar-refractivity contribution in [3.63, 3.8) is 0 Å². The van der Waals surface area contributed by atoms with Gasteiger partial charge >= 0.3 is 0 Å². The van der Waals surface area contributed by atoms with Gasteiger partial charge in [0.1, 0.15) is 0 Å². The van der Waals surface area contributed by atoms with Crippen LogP contribution in [0.5, 0.6) is 0 Å². The van der Waals surface area contributed by atoms with Crippen LogP contribution >= 0.6 is 0 Å². The Morgan fingerprint density at radius 3 is 2.33 bits per heavy atom. The largest absolute Gasteiger partial charge is 0.322 e. The zero-order valence-electron chi connectivity index (χ0n) is 13.4. The van der Waals surface area contributed by atoms with Crippen LogP contribution in [0.1, 0.15) is 35.2 Å². The molecule has 1 aliphatic heterocycles. The van der Waals surface area contributed by atoms with Gasteiger partial charge in [-0.15, -0.1) is 0 Å². The number of nitrogens with zero attached hydrogens (tertiary/aromatic N) is 1. The average molecular weight is 330 g/mol. The molecular weight excluding hydrogens is 310 g/mol. The molecule has 0 spiro atoms. The van der Waals surface area contributed by atoms with Gasteiger partial charge in [-0.05, 0) is 55.8 Å². The van der Waals surface area contributed by atoms with Gasteiger partial charge in [-0.1, -0.05) is 18.6 Å². The molecule has 1 amide bonds. The quantitative estimate of drug-likeness (QED) is 0.911. The Bertz CT molecular complexity index is 710. The fourth-order valence-electron chi connectivity index (χ4n) is 2.91. The molecule has 3 rings (SSSR count). The number of likely N-dealkylation sites (tertiary alicyclic amines) is 1. The van der Waals surface area contributed by atoms with E-state index in [1.54, 1.807) is 12.1 Å². The van der Waals surface area contributed by atoms with Crippen molar-refractivity contribution < 1.29 is 13.6 Å². The van der Waals surface area contributed by atoms with Gasteiger partial charge < -0.3 is 5.32 Å². The molecule has 0 unspecified atom stereocenters. The minimum Gasteiger partial charge on any atom is -0.322 e. The van der Waals surface area contributed by atoms with Gasteiger partial charge in [-0.25, -0.2) is 8.78 Å². The van der Waals surface area contributed by atoms with Crippen LogP contribution in [0.3, 0.4) is 0 Å². The summed E-state index contributed by atoms with van der Waals surface area (Å²) in [7, 11) is 0. The van der Waals surface area contributed by atoms with E-state index in [0.29, 0.717) is 5.56 Å². The predicted molar refractivity (Wildman–Crippen MR) is 89.9 cm³/mol. The van der Waals surface area contributed by atoms with Crippen LogP contribution in [-0.4, -0.2) is 23.9 Å². The standard InChI is InChI=1S/C19H20F2N2O/c20-17-9-8-16(12-18(17)21)22-19(24)15-6-4-14(5-7-15)13-23-10-2-1-3-11-23/h4-9,12H,1-3,10-11,13H2,(H,22,24). The molecule has 0 atom stereocenters. The van der Waals surface area contributed by atoms with E-state index >= 15 is 0 Å². The molecule has 1 aliphatic rings. The zero-order valence-corrected chi connectivity index (χ0v) is 13.4. The van der Waals surface area contributed by atoms with E-state index in [1.165, 1.54) is 30.9 Å². The Labute approximate surface area is 140 Å². The van der Waals surface area contributed by atoms with E-state index in [2.05, 4.69) is 10.2 Å². The number of halogens is 2. The maximum atomic E-state index is 13.2. The summed E-state index contributed by atoms with van der Waals surface area (Å²) >= 11 is 0. The molecule has 2 aromatic rings. The molecule has 126 valence electrons. The van der Waals surface area contributed by atoms with Gasteiger partial charge in [0.25, 0.3) is 5.91 Å². The highest BCUT2D eigenvalue weighted by Gasteiger charge is 2.12. The molecule has 0 bridgehead atoms. The monoisotopic (exact) mass is 330 g/mol. The molecule has 0 radical (unpaired) electrons. The van der Waals surface area contributed by atoms with Crippen molar-refractivity contribution in [2.24, 2.45) is 0 Å². The molecule has 0 aliphatic carbocycles. The van der Waals surface area contributed by atoms with Crippen molar-refractivity contribution in [2.75, 3.05) is 18.4 Å². The van der Waals surface area contributed by atoms with E-state index in [-0.39, 0.29) is 11.6 Å². The van der Waals surface area contributed by atoms with Crippen molar-refractivity contribution in [2.45, 2.75) is 25.8 Å². The summed E-state index contributed by atoms with van der Waals surface area (Å²) in [5, 5.41) is 2.57. The van der Waals surface area contributed by atoms with Crippen LogP contribution in [0, 0.1) is 11.6 Å². The molecule has 1 N–H and O–H groups in total. The molecule has 1 fully saturated rings. The minimum atomic E-state index is -0.982. The van der Waals surface area contributed by atoms with Crippen molar-refractivity contribution >= 4 is 11.6 Å². The third-order valence-corrected chi connectivity index (χ3v) is 4.25. The van der Waals surface area contributed by atoms with Crippen LogP contribution in [0.15, 0.2) is 42.5 Å². The van der Waals surface area contributed by atoms with Gasteiger partial charge in [-0.2, -0.15) is 0 Å². The molecule has 0 saturated carbocycles. The number of hydrogen-bond acceptors (Lipinski definition) is 2. The van der Waals surface area contributed by atoms with Crippen LogP contribution in [-0.2, 0) is 6.54 Å². The Morgan fingerprint density at radius 1 is 0.958 bits per heavy atom. The summed E-state index contributed by atoms with van der Waals surface area (Å²) in [5.74, 6) is -2.26. The number of rotatable bonds is 4. The number of hydrogen-bond donors (Lipinski definition) is 1. The lowest BCUT2D eigenvalue weighted by molar-refractivity contribution is 0.102.